The van der Waals surface area contributed by atoms with E-state index in [2.05, 4.69) is 34.7 Å². The number of anilines is 1. The minimum atomic E-state index is -0.954. The number of carbonyl (C=O) groups is 1. The maximum Gasteiger partial charge on any atom is 0.412 e. The van der Waals surface area contributed by atoms with Gasteiger partial charge in [-0.1, -0.05) is 0 Å². The molecule has 0 fully saturated rings. The summed E-state index contributed by atoms with van der Waals surface area (Å²) in [6.45, 7) is 13.8. The Morgan fingerprint density at radius 1 is 1.20 bits per heavy atom. The maximum absolute atomic E-state index is 12.1. The molecule has 0 saturated carbocycles. The molecule has 5 nitrogen and oxygen atoms in total. The van der Waals surface area contributed by atoms with E-state index in [1.54, 1.807) is 0 Å². The van der Waals surface area contributed by atoms with Gasteiger partial charge < -0.3 is 9.84 Å². The lowest BCUT2D eigenvalue weighted by Gasteiger charge is -2.37. The molecule has 2 rings (SSSR count). The van der Waals surface area contributed by atoms with Crippen LogP contribution in [0.4, 0.5) is 10.5 Å². The van der Waals surface area contributed by atoms with Crippen LogP contribution in [0.25, 0.3) is 0 Å². The fraction of sp³-hybridized carbons (Fsp3) is 0.632. The molecule has 25 heavy (non-hydrogen) atoms. The van der Waals surface area contributed by atoms with Gasteiger partial charge in [0.25, 0.3) is 0 Å². The zero-order valence-electron chi connectivity index (χ0n) is 16.6. The van der Waals surface area contributed by atoms with Crippen molar-refractivity contribution in [2.75, 3.05) is 19.0 Å². The second-order valence-electron chi connectivity index (χ2n) is 8.52. The molecule has 6 heteroatoms. The summed E-state index contributed by atoms with van der Waals surface area (Å²) in [7, 11) is 4.05. The number of halogens is 1. The van der Waals surface area contributed by atoms with Crippen LogP contribution in [0.15, 0.2) is 4.47 Å². The molecular formula is C19H29BrN2O3. The van der Waals surface area contributed by atoms with E-state index in [-0.39, 0.29) is 6.04 Å². The zero-order chi connectivity index (χ0) is 19.5. The molecule has 1 atom stereocenters. The van der Waals surface area contributed by atoms with Crippen molar-refractivity contribution in [3.8, 4) is 5.75 Å². The van der Waals surface area contributed by atoms with E-state index < -0.39 is 17.2 Å². The van der Waals surface area contributed by atoms with Gasteiger partial charge in [0.1, 0.15) is 11.4 Å². The van der Waals surface area contributed by atoms with E-state index in [4.69, 9.17) is 4.74 Å². The summed E-state index contributed by atoms with van der Waals surface area (Å²) in [6, 6.07) is 0.0359. The Hall–Kier alpha value is -1.27. The van der Waals surface area contributed by atoms with Crippen LogP contribution in [0.2, 0.25) is 0 Å². The molecule has 0 bridgehead atoms. The second-order valence-corrected chi connectivity index (χ2v) is 9.31. The van der Waals surface area contributed by atoms with Crippen molar-refractivity contribution in [3.63, 3.8) is 0 Å². The summed E-state index contributed by atoms with van der Waals surface area (Å²) in [5.74, 6) is 0.821. The molecule has 1 N–H and O–H groups in total. The number of ether oxygens (including phenoxy) is 1. The zero-order valence-corrected chi connectivity index (χ0v) is 18.2. The summed E-state index contributed by atoms with van der Waals surface area (Å²) in [4.78, 5) is 15.7. The molecule has 1 aromatic carbocycles. The van der Waals surface area contributed by atoms with Crippen LogP contribution in [0, 0.1) is 13.8 Å². The van der Waals surface area contributed by atoms with Crippen LogP contribution < -0.4 is 9.64 Å². The molecule has 1 amide bonds. The van der Waals surface area contributed by atoms with Crippen molar-refractivity contribution in [1.29, 1.82) is 0 Å². The molecule has 1 heterocycles. The topological polar surface area (TPSA) is 53.0 Å². The quantitative estimate of drug-likeness (QED) is 0.731. The second kappa shape index (κ2) is 6.16. The highest BCUT2D eigenvalue weighted by atomic mass is 79.9. The average Bonchev–Trinajstić information content (AvgIpc) is 2.71. The van der Waals surface area contributed by atoms with Crippen LogP contribution in [0.5, 0.6) is 5.75 Å². The first-order chi connectivity index (χ1) is 11.2. The number of hydrogen-bond acceptors (Lipinski definition) is 3. The summed E-state index contributed by atoms with van der Waals surface area (Å²) >= 11 is 3.67. The number of benzene rings is 1. The molecule has 0 radical (unpaired) electrons. The number of carboxylic acid groups (broad SMARTS) is 1. The maximum atomic E-state index is 12.1. The van der Waals surface area contributed by atoms with Crippen LogP contribution in [0.1, 0.15) is 57.4 Å². The Balaban J connectivity index is 2.87. The minimum Gasteiger partial charge on any atom is -0.484 e. The van der Waals surface area contributed by atoms with Gasteiger partial charge in [-0.3, -0.25) is 9.80 Å². The van der Waals surface area contributed by atoms with Crippen molar-refractivity contribution in [2.24, 2.45) is 0 Å². The normalized spacial score (nSPS) is 18.9. The molecule has 140 valence electrons. The van der Waals surface area contributed by atoms with E-state index in [1.165, 1.54) is 4.90 Å². The number of fused-ring (bicyclic) bond motifs is 1. The summed E-state index contributed by atoms with van der Waals surface area (Å²) in [5, 5.41) is 9.90. The summed E-state index contributed by atoms with van der Waals surface area (Å²) in [5.41, 5.74) is 2.66. The molecular weight excluding hydrogens is 384 g/mol. The van der Waals surface area contributed by atoms with Crippen molar-refractivity contribution in [3.05, 3.63) is 21.2 Å². The van der Waals surface area contributed by atoms with Crippen molar-refractivity contribution >= 4 is 27.7 Å². The Kier molecular flexibility index (Phi) is 4.94. The van der Waals surface area contributed by atoms with Crippen molar-refractivity contribution < 1.29 is 14.6 Å². The predicted molar refractivity (Wildman–Crippen MR) is 105 cm³/mol. The number of likely N-dealkylation sites (N-methyl/N-ethyl adjacent to an activating group) is 1. The monoisotopic (exact) mass is 412 g/mol. The van der Waals surface area contributed by atoms with Gasteiger partial charge in [0, 0.05) is 11.1 Å². The molecule has 0 saturated heterocycles. The first-order valence-electron chi connectivity index (χ1n) is 8.43. The largest absolute Gasteiger partial charge is 0.484 e. The average molecular weight is 413 g/mol. The van der Waals surface area contributed by atoms with Crippen LogP contribution in [-0.2, 0) is 0 Å². The fourth-order valence-corrected chi connectivity index (χ4v) is 4.48. The summed E-state index contributed by atoms with van der Waals surface area (Å²) in [6.07, 6.45) is -0.954. The first kappa shape index (κ1) is 20.0. The Morgan fingerprint density at radius 3 is 2.12 bits per heavy atom. The van der Waals surface area contributed by atoms with E-state index in [0.29, 0.717) is 0 Å². The van der Waals surface area contributed by atoms with E-state index >= 15 is 0 Å². The number of hydrogen-bond donors (Lipinski definition) is 1. The van der Waals surface area contributed by atoms with Gasteiger partial charge in [0.05, 0.1) is 16.2 Å². The number of nitrogens with zero attached hydrogens (tertiary/aromatic N) is 2. The van der Waals surface area contributed by atoms with E-state index in [9.17, 15) is 9.90 Å². The van der Waals surface area contributed by atoms with Crippen molar-refractivity contribution in [2.45, 2.75) is 65.6 Å². The third kappa shape index (κ3) is 3.14. The van der Waals surface area contributed by atoms with Crippen LogP contribution >= 0.6 is 15.9 Å². The molecule has 1 aliphatic rings. The summed E-state index contributed by atoms with van der Waals surface area (Å²) < 4.78 is 7.12. The SMILES string of the molecule is Cc1c(Br)c2c(c(C)c1N(C(=O)O)C(C)(C)C)C(N(C)C)C(C)(C)O2. The third-order valence-corrected chi connectivity index (χ3v) is 5.74. The molecule has 0 spiro atoms. The molecule has 0 aromatic heterocycles. The van der Waals surface area contributed by atoms with E-state index in [0.717, 1.165) is 32.6 Å². The lowest BCUT2D eigenvalue weighted by molar-refractivity contribution is 0.0518. The Bertz CT molecular complexity index is 721. The van der Waals surface area contributed by atoms with E-state index in [1.807, 2.05) is 48.7 Å². The minimum absolute atomic E-state index is 0.0359. The van der Waals surface area contributed by atoms with Gasteiger partial charge in [-0.15, -0.1) is 0 Å². The van der Waals surface area contributed by atoms with Gasteiger partial charge in [-0.25, -0.2) is 4.79 Å². The lowest BCUT2D eigenvalue weighted by Crippen LogP contribution is -2.46. The van der Waals surface area contributed by atoms with Gasteiger partial charge in [0.2, 0.25) is 0 Å². The number of rotatable bonds is 2. The third-order valence-electron chi connectivity index (χ3n) is 4.79. The molecule has 1 unspecified atom stereocenters. The van der Waals surface area contributed by atoms with Crippen molar-refractivity contribution in [1.82, 2.24) is 4.90 Å². The Morgan fingerprint density at radius 2 is 1.72 bits per heavy atom. The van der Waals surface area contributed by atoms with Crippen LogP contribution in [0.3, 0.4) is 0 Å². The first-order valence-corrected chi connectivity index (χ1v) is 9.22. The number of amides is 1. The molecule has 0 aliphatic carbocycles. The fourth-order valence-electron chi connectivity index (χ4n) is 4.00. The van der Waals surface area contributed by atoms with Gasteiger partial charge in [-0.2, -0.15) is 0 Å². The standard InChI is InChI=1S/C19H29BrN2O3/c1-10-12-15(25-19(6,7)16(12)21(8)9)13(20)11(2)14(10)22(17(23)24)18(3,4)5/h16H,1-9H3,(H,23,24). The highest BCUT2D eigenvalue weighted by Crippen LogP contribution is 2.54. The predicted octanol–water partition coefficient (Wildman–Crippen LogP) is 5.12. The van der Waals surface area contributed by atoms with Crippen LogP contribution in [-0.4, -0.2) is 41.3 Å². The van der Waals surface area contributed by atoms with Gasteiger partial charge in [0.15, 0.2) is 0 Å². The highest BCUT2D eigenvalue weighted by molar-refractivity contribution is 9.10. The molecule has 1 aromatic rings. The smallest absolute Gasteiger partial charge is 0.412 e. The van der Waals surface area contributed by atoms with Gasteiger partial charge >= 0.3 is 6.09 Å². The Labute approximate surface area is 159 Å². The highest BCUT2D eigenvalue weighted by Gasteiger charge is 2.46. The van der Waals surface area contributed by atoms with Gasteiger partial charge in [-0.05, 0) is 89.6 Å². The lowest BCUT2D eigenvalue weighted by atomic mass is 9.88. The molecule has 1 aliphatic heterocycles.